The molecule has 0 unspecified atom stereocenters. The van der Waals surface area contributed by atoms with Crippen molar-refractivity contribution in [3.63, 3.8) is 0 Å². The molecule has 0 fully saturated rings. The van der Waals surface area contributed by atoms with Gasteiger partial charge in [0.15, 0.2) is 8.07 Å². The summed E-state index contributed by atoms with van der Waals surface area (Å²) in [5, 5.41) is 8.50. The SMILES string of the molecule is c1ccc(N2c3ccccc3B3c4ccccc4[Si]4(c5ccccc5B(c5ccc6c7ccccc7n(-c7ccncc7)c6c5)c5ccccc54)c4cccc2c43)cc1. The largest absolute Gasteiger partial charge is 0.312 e. The van der Waals surface area contributed by atoms with Gasteiger partial charge in [-0.1, -0.05) is 174 Å². The van der Waals surface area contributed by atoms with Gasteiger partial charge in [0.05, 0.1) is 11.0 Å². The van der Waals surface area contributed by atoms with E-state index in [1.807, 2.05) is 12.4 Å². The molecule has 0 saturated carbocycles. The van der Waals surface area contributed by atoms with Gasteiger partial charge in [0, 0.05) is 45.9 Å². The molecule has 6 heteroatoms. The Morgan fingerprint density at radius 3 is 1.68 bits per heavy atom. The highest BCUT2D eigenvalue weighted by Crippen LogP contribution is 2.37. The molecule has 0 saturated heterocycles. The van der Waals surface area contributed by atoms with Gasteiger partial charge >= 0.3 is 0 Å². The van der Waals surface area contributed by atoms with E-state index in [0.717, 1.165) is 5.69 Å². The number of nitrogens with zero attached hydrogens (tertiary/aromatic N) is 3. The van der Waals surface area contributed by atoms with E-state index < -0.39 is 8.07 Å². The van der Waals surface area contributed by atoms with Gasteiger partial charge in [-0.25, -0.2) is 0 Å². The molecule has 0 bridgehead atoms. The average molecular weight is 764 g/mol. The topological polar surface area (TPSA) is 21.1 Å². The molecule has 8 aromatic carbocycles. The van der Waals surface area contributed by atoms with Crippen molar-refractivity contribution in [2.45, 2.75) is 0 Å². The Morgan fingerprint density at radius 2 is 0.949 bits per heavy atom. The fourth-order valence-corrected chi connectivity index (χ4v) is 17.2. The molecule has 5 heterocycles. The third-order valence-corrected chi connectivity index (χ3v) is 18.5. The lowest BCUT2D eigenvalue weighted by molar-refractivity contribution is 1.16. The Bertz CT molecular complexity index is 3280. The molecule has 0 atom stereocenters. The van der Waals surface area contributed by atoms with Crippen molar-refractivity contribution in [2.24, 2.45) is 0 Å². The molecule has 3 aliphatic heterocycles. The third-order valence-electron chi connectivity index (χ3n) is 13.5. The second kappa shape index (κ2) is 12.4. The molecule has 272 valence electrons. The van der Waals surface area contributed by atoms with Crippen LogP contribution in [0, 0.1) is 0 Å². The molecule has 0 radical (unpaired) electrons. The van der Waals surface area contributed by atoms with E-state index >= 15 is 0 Å². The molecule has 59 heavy (non-hydrogen) atoms. The Kier molecular flexibility index (Phi) is 6.93. The highest BCUT2D eigenvalue weighted by Gasteiger charge is 2.56. The number of hydrogen-bond donors (Lipinski definition) is 0. The number of para-hydroxylation sites is 3. The summed E-state index contributed by atoms with van der Waals surface area (Å²) in [7, 11) is -2.92. The molecule has 3 nitrogen and oxygen atoms in total. The van der Waals surface area contributed by atoms with E-state index in [1.54, 1.807) is 0 Å². The highest BCUT2D eigenvalue weighted by molar-refractivity contribution is 7.31. The van der Waals surface area contributed by atoms with Crippen LogP contribution in [0.5, 0.6) is 0 Å². The van der Waals surface area contributed by atoms with Crippen molar-refractivity contribution < 1.29 is 0 Å². The van der Waals surface area contributed by atoms with Crippen LogP contribution in [-0.4, -0.2) is 31.1 Å². The van der Waals surface area contributed by atoms with E-state index in [0.29, 0.717) is 0 Å². The van der Waals surface area contributed by atoms with Crippen molar-refractivity contribution >= 4 is 114 Å². The monoisotopic (exact) mass is 763 g/mol. The summed E-state index contributed by atoms with van der Waals surface area (Å²) in [4.78, 5) is 6.88. The van der Waals surface area contributed by atoms with Crippen LogP contribution >= 0.6 is 0 Å². The fraction of sp³-hybridized carbons (Fsp3) is 0. The van der Waals surface area contributed by atoms with E-state index in [4.69, 9.17) is 0 Å². The summed E-state index contributed by atoms with van der Waals surface area (Å²) in [6.07, 6.45) is 3.79. The Morgan fingerprint density at radius 1 is 0.390 bits per heavy atom. The van der Waals surface area contributed by atoms with Gasteiger partial charge in [-0.05, 0) is 80.2 Å². The first-order chi connectivity index (χ1) is 29.3. The first-order valence-corrected chi connectivity index (χ1v) is 22.6. The maximum absolute atomic E-state index is 4.37. The van der Waals surface area contributed by atoms with Crippen molar-refractivity contribution in [2.75, 3.05) is 4.90 Å². The number of aromatic nitrogens is 2. The van der Waals surface area contributed by atoms with Crippen LogP contribution < -0.4 is 58.4 Å². The minimum absolute atomic E-state index is 0.0554. The first-order valence-electron chi connectivity index (χ1n) is 20.6. The molecule has 2 aromatic heterocycles. The van der Waals surface area contributed by atoms with Crippen LogP contribution in [0.2, 0.25) is 0 Å². The molecule has 0 N–H and O–H groups in total. The molecular weight excluding hydrogens is 728 g/mol. The predicted molar refractivity (Wildman–Crippen MR) is 253 cm³/mol. The van der Waals surface area contributed by atoms with Crippen LogP contribution in [0.15, 0.2) is 213 Å². The van der Waals surface area contributed by atoms with E-state index in [-0.39, 0.29) is 13.4 Å². The standard InChI is InChI=1S/C53H35B2N3Si/c1-2-15-37(16-3-1)58-46-23-10-5-18-41(46)55-44-21-8-13-27-51(44)59(52-28-14-24-47(58)53(52)55)49-25-11-6-19-42(49)54(43-20-7-12-26-50(43)59)36-29-30-40-39-17-4-9-22-45(39)57(48(40)35-36)38-31-33-56-34-32-38/h1-35H. The zero-order chi connectivity index (χ0) is 38.7. The molecule has 3 aliphatic rings. The van der Waals surface area contributed by atoms with Crippen LogP contribution in [-0.2, 0) is 0 Å². The van der Waals surface area contributed by atoms with Gasteiger partial charge in [-0.2, -0.15) is 0 Å². The zero-order valence-corrected chi connectivity index (χ0v) is 33.2. The van der Waals surface area contributed by atoms with Crippen molar-refractivity contribution in [3.8, 4) is 5.69 Å². The number of benzene rings is 8. The number of hydrogen-bond acceptors (Lipinski definition) is 2. The minimum Gasteiger partial charge on any atom is -0.312 e. The number of fused-ring (bicyclic) bond motifs is 13. The lowest BCUT2D eigenvalue weighted by Gasteiger charge is -2.50. The summed E-state index contributed by atoms with van der Waals surface area (Å²) < 4.78 is 2.41. The van der Waals surface area contributed by atoms with E-state index in [9.17, 15) is 0 Å². The summed E-state index contributed by atoms with van der Waals surface area (Å²) in [6.45, 7) is 0.182. The zero-order valence-electron chi connectivity index (χ0n) is 32.2. The minimum atomic E-state index is -2.92. The van der Waals surface area contributed by atoms with Crippen molar-refractivity contribution in [3.05, 3.63) is 213 Å². The summed E-state index contributed by atoms with van der Waals surface area (Å²) in [5.74, 6) is 0. The van der Waals surface area contributed by atoms with Crippen LogP contribution in [0.3, 0.4) is 0 Å². The van der Waals surface area contributed by atoms with E-state index in [1.165, 1.54) is 92.4 Å². The lowest BCUT2D eigenvalue weighted by atomic mass is 9.34. The number of anilines is 3. The van der Waals surface area contributed by atoms with Crippen molar-refractivity contribution in [1.82, 2.24) is 9.55 Å². The lowest BCUT2D eigenvalue weighted by Crippen LogP contribution is -2.93. The highest BCUT2D eigenvalue weighted by atomic mass is 28.3. The van der Waals surface area contributed by atoms with Crippen LogP contribution in [0.1, 0.15) is 0 Å². The summed E-state index contributed by atoms with van der Waals surface area (Å²) in [5.41, 5.74) is 15.6. The second-order valence-corrected chi connectivity index (χ2v) is 19.8. The van der Waals surface area contributed by atoms with Gasteiger partial charge in [0.2, 0.25) is 13.4 Å². The molecular formula is C53H35B2N3Si. The van der Waals surface area contributed by atoms with Gasteiger partial charge in [-0.3, -0.25) is 4.98 Å². The molecule has 10 aromatic rings. The molecule has 0 amide bonds. The average Bonchev–Trinajstić information content (AvgIpc) is 3.64. The van der Waals surface area contributed by atoms with Gasteiger partial charge in [-0.15, -0.1) is 0 Å². The fourth-order valence-electron chi connectivity index (χ4n) is 11.4. The molecule has 13 rings (SSSR count). The normalized spacial score (nSPS) is 14.1. The Hall–Kier alpha value is -7.14. The first kappa shape index (κ1) is 32.9. The smallest absolute Gasteiger partial charge is 0.246 e. The third kappa shape index (κ3) is 4.36. The molecule has 0 aliphatic carbocycles. The number of pyridine rings is 1. The van der Waals surface area contributed by atoms with Crippen molar-refractivity contribution in [1.29, 1.82) is 0 Å². The maximum Gasteiger partial charge on any atom is 0.246 e. The molecule has 1 spiro atoms. The summed E-state index contributed by atoms with van der Waals surface area (Å²) >= 11 is 0. The Balaban J connectivity index is 1.11. The van der Waals surface area contributed by atoms with Crippen LogP contribution in [0.4, 0.5) is 17.1 Å². The van der Waals surface area contributed by atoms with Gasteiger partial charge < -0.3 is 9.47 Å². The van der Waals surface area contributed by atoms with Gasteiger partial charge in [0.1, 0.15) is 0 Å². The predicted octanol–water partition coefficient (Wildman–Crippen LogP) is 5.00. The van der Waals surface area contributed by atoms with E-state index in [2.05, 4.69) is 215 Å². The maximum atomic E-state index is 4.37. The van der Waals surface area contributed by atoms with Gasteiger partial charge in [0.25, 0.3) is 0 Å². The summed E-state index contributed by atoms with van der Waals surface area (Å²) in [6, 6.07) is 75.9. The second-order valence-electron chi connectivity index (χ2n) is 16.2. The number of rotatable bonds is 3. The van der Waals surface area contributed by atoms with Crippen LogP contribution in [0.25, 0.3) is 27.5 Å². The quantitative estimate of drug-likeness (QED) is 0.237. The Labute approximate surface area is 345 Å².